The summed E-state index contributed by atoms with van der Waals surface area (Å²) in [6, 6.07) is 12.6. The second kappa shape index (κ2) is 7.88. The molecular weight excluding hydrogens is 349 g/mol. The molecule has 0 atom stereocenters. The molecule has 0 unspecified atom stereocenters. The molecule has 26 heavy (non-hydrogen) atoms. The number of pyridine rings is 1. The minimum absolute atomic E-state index is 0.213. The van der Waals surface area contributed by atoms with Gasteiger partial charge >= 0.3 is 0 Å². The maximum atomic E-state index is 13.0. The third-order valence-corrected chi connectivity index (χ3v) is 5.46. The van der Waals surface area contributed by atoms with E-state index in [0.717, 1.165) is 54.1 Å². The third-order valence-electron chi connectivity index (χ3n) is 4.48. The number of nitrogens with zero attached hydrogens (tertiary/aromatic N) is 5. The molecule has 1 aromatic carbocycles. The Morgan fingerprint density at radius 3 is 2.50 bits per heavy atom. The van der Waals surface area contributed by atoms with Gasteiger partial charge in [-0.25, -0.2) is 4.39 Å². The quantitative estimate of drug-likeness (QED) is 0.692. The van der Waals surface area contributed by atoms with Gasteiger partial charge in [0.2, 0.25) is 5.13 Å². The summed E-state index contributed by atoms with van der Waals surface area (Å²) in [6.07, 6.45) is 2.53. The van der Waals surface area contributed by atoms with E-state index < -0.39 is 0 Å². The summed E-state index contributed by atoms with van der Waals surface area (Å²) in [7, 11) is 0. The summed E-state index contributed by atoms with van der Waals surface area (Å²) in [5.74, 6) is -0.213. The van der Waals surface area contributed by atoms with Crippen LogP contribution in [0.15, 0.2) is 48.7 Å². The molecular formula is C19H20FN5S. The molecule has 2 aromatic heterocycles. The molecule has 0 spiro atoms. The van der Waals surface area contributed by atoms with E-state index in [1.807, 2.05) is 18.3 Å². The van der Waals surface area contributed by atoms with Crippen molar-refractivity contribution < 1.29 is 4.39 Å². The lowest BCUT2D eigenvalue weighted by Gasteiger charge is -2.34. The topological polar surface area (TPSA) is 45.2 Å². The van der Waals surface area contributed by atoms with E-state index in [2.05, 4.69) is 31.0 Å². The first-order valence-electron chi connectivity index (χ1n) is 8.70. The molecule has 0 amide bonds. The van der Waals surface area contributed by atoms with Crippen molar-refractivity contribution in [3.63, 3.8) is 0 Å². The number of hydrogen-bond donors (Lipinski definition) is 0. The zero-order valence-electron chi connectivity index (χ0n) is 14.4. The zero-order valence-corrected chi connectivity index (χ0v) is 15.2. The summed E-state index contributed by atoms with van der Waals surface area (Å²) in [6.45, 7) is 4.75. The average Bonchev–Trinajstić information content (AvgIpc) is 3.14. The van der Waals surface area contributed by atoms with Crippen LogP contribution >= 0.6 is 11.3 Å². The number of halogens is 1. The molecule has 4 rings (SSSR count). The highest BCUT2D eigenvalue weighted by Gasteiger charge is 2.20. The predicted molar refractivity (Wildman–Crippen MR) is 101 cm³/mol. The fraction of sp³-hybridized carbons (Fsp3) is 0.316. The number of anilines is 1. The van der Waals surface area contributed by atoms with Gasteiger partial charge in [0, 0.05) is 45.3 Å². The summed E-state index contributed by atoms with van der Waals surface area (Å²) in [5, 5.41) is 10.6. The van der Waals surface area contributed by atoms with Gasteiger partial charge in [-0.2, -0.15) is 0 Å². The van der Waals surface area contributed by atoms with Gasteiger partial charge in [-0.3, -0.25) is 9.88 Å². The number of hydrogen-bond acceptors (Lipinski definition) is 6. The molecule has 0 radical (unpaired) electrons. The van der Waals surface area contributed by atoms with E-state index in [9.17, 15) is 4.39 Å². The van der Waals surface area contributed by atoms with Gasteiger partial charge in [-0.05, 0) is 29.8 Å². The predicted octanol–water partition coefficient (Wildman–Crippen LogP) is 2.99. The Kier molecular flexibility index (Phi) is 5.17. The van der Waals surface area contributed by atoms with E-state index in [-0.39, 0.29) is 5.82 Å². The van der Waals surface area contributed by atoms with Crippen molar-refractivity contribution in [2.45, 2.75) is 13.0 Å². The molecule has 0 bridgehead atoms. The molecule has 1 aliphatic heterocycles. The first kappa shape index (κ1) is 17.1. The van der Waals surface area contributed by atoms with E-state index >= 15 is 0 Å². The van der Waals surface area contributed by atoms with Crippen LogP contribution in [-0.2, 0) is 13.0 Å². The molecule has 1 fully saturated rings. The second-order valence-electron chi connectivity index (χ2n) is 6.37. The molecule has 0 aliphatic carbocycles. The van der Waals surface area contributed by atoms with Gasteiger partial charge in [0.15, 0.2) is 0 Å². The monoisotopic (exact) mass is 369 g/mol. The molecule has 5 nitrogen and oxygen atoms in total. The first-order chi connectivity index (χ1) is 12.8. The maximum absolute atomic E-state index is 13.0. The molecule has 1 aliphatic rings. The SMILES string of the molecule is Fc1ccc(Cc2nnc(N3CCN(Cc4ccccn4)CC3)s2)cc1. The van der Waals surface area contributed by atoms with E-state index in [1.54, 1.807) is 23.5 Å². The highest BCUT2D eigenvalue weighted by Crippen LogP contribution is 2.23. The minimum Gasteiger partial charge on any atom is -0.344 e. The van der Waals surface area contributed by atoms with Crippen molar-refractivity contribution in [1.82, 2.24) is 20.1 Å². The second-order valence-corrected chi connectivity index (χ2v) is 7.41. The molecule has 7 heteroatoms. The lowest BCUT2D eigenvalue weighted by Crippen LogP contribution is -2.46. The van der Waals surface area contributed by atoms with Crippen LogP contribution in [0.25, 0.3) is 0 Å². The van der Waals surface area contributed by atoms with Gasteiger partial charge in [0.25, 0.3) is 0 Å². The first-order valence-corrected chi connectivity index (χ1v) is 9.52. The normalized spacial score (nSPS) is 15.3. The zero-order chi connectivity index (χ0) is 17.8. The Labute approximate surface area is 156 Å². The molecule has 0 N–H and O–H groups in total. The Morgan fingerprint density at radius 1 is 0.962 bits per heavy atom. The fourth-order valence-corrected chi connectivity index (χ4v) is 3.96. The maximum Gasteiger partial charge on any atom is 0.208 e. The Hall–Kier alpha value is -2.38. The van der Waals surface area contributed by atoms with Crippen molar-refractivity contribution in [3.8, 4) is 0 Å². The smallest absolute Gasteiger partial charge is 0.208 e. The molecule has 3 heterocycles. The Bertz CT molecular complexity index is 829. The lowest BCUT2D eigenvalue weighted by molar-refractivity contribution is 0.247. The van der Waals surface area contributed by atoms with Gasteiger partial charge in [0.05, 0.1) is 5.69 Å². The van der Waals surface area contributed by atoms with Crippen LogP contribution in [0.2, 0.25) is 0 Å². The third kappa shape index (κ3) is 4.23. The highest BCUT2D eigenvalue weighted by molar-refractivity contribution is 7.15. The van der Waals surface area contributed by atoms with Crippen LogP contribution in [0, 0.1) is 5.82 Å². The summed E-state index contributed by atoms with van der Waals surface area (Å²) >= 11 is 1.62. The lowest BCUT2D eigenvalue weighted by atomic mass is 10.2. The molecule has 134 valence electrons. The Morgan fingerprint density at radius 2 is 1.77 bits per heavy atom. The van der Waals surface area contributed by atoms with Crippen LogP contribution in [0.4, 0.5) is 9.52 Å². The van der Waals surface area contributed by atoms with E-state index in [1.165, 1.54) is 12.1 Å². The van der Waals surface area contributed by atoms with Crippen molar-refractivity contribution in [3.05, 3.63) is 70.7 Å². The number of rotatable bonds is 5. The number of piperazine rings is 1. The van der Waals surface area contributed by atoms with E-state index in [0.29, 0.717) is 6.42 Å². The van der Waals surface area contributed by atoms with Crippen molar-refractivity contribution >= 4 is 16.5 Å². The van der Waals surface area contributed by atoms with Crippen LogP contribution < -0.4 is 4.90 Å². The highest BCUT2D eigenvalue weighted by atomic mass is 32.1. The summed E-state index contributed by atoms with van der Waals surface area (Å²) < 4.78 is 13.0. The fourth-order valence-electron chi connectivity index (χ4n) is 3.04. The van der Waals surface area contributed by atoms with Gasteiger partial charge in [-0.1, -0.05) is 29.5 Å². The van der Waals surface area contributed by atoms with E-state index in [4.69, 9.17) is 0 Å². The van der Waals surface area contributed by atoms with Gasteiger partial charge < -0.3 is 4.90 Å². The number of aromatic nitrogens is 3. The molecule has 0 saturated carbocycles. The van der Waals surface area contributed by atoms with Crippen molar-refractivity contribution in [2.75, 3.05) is 31.1 Å². The van der Waals surface area contributed by atoms with Crippen LogP contribution in [0.3, 0.4) is 0 Å². The summed E-state index contributed by atoms with van der Waals surface area (Å²) in [5.41, 5.74) is 2.16. The largest absolute Gasteiger partial charge is 0.344 e. The molecule has 1 saturated heterocycles. The summed E-state index contributed by atoms with van der Waals surface area (Å²) in [4.78, 5) is 9.11. The Balaban J connectivity index is 1.32. The minimum atomic E-state index is -0.213. The number of benzene rings is 1. The van der Waals surface area contributed by atoms with Crippen LogP contribution in [0.5, 0.6) is 0 Å². The molecule has 3 aromatic rings. The van der Waals surface area contributed by atoms with Crippen molar-refractivity contribution in [2.24, 2.45) is 0 Å². The van der Waals surface area contributed by atoms with Gasteiger partial charge in [-0.15, -0.1) is 10.2 Å². The average molecular weight is 369 g/mol. The standard InChI is InChI=1S/C19H20FN5S/c20-16-6-4-15(5-7-16)13-18-22-23-19(26-18)25-11-9-24(10-12-25)14-17-3-1-2-8-21-17/h1-8H,9-14H2. The van der Waals surface area contributed by atoms with Crippen LogP contribution in [-0.4, -0.2) is 46.3 Å². The van der Waals surface area contributed by atoms with Gasteiger partial charge in [0.1, 0.15) is 10.8 Å². The van der Waals surface area contributed by atoms with Crippen molar-refractivity contribution in [1.29, 1.82) is 0 Å². The van der Waals surface area contributed by atoms with Crippen LogP contribution in [0.1, 0.15) is 16.3 Å².